The topological polar surface area (TPSA) is 57.7 Å². The lowest BCUT2D eigenvalue weighted by Crippen LogP contribution is -2.52. The summed E-state index contributed by atoms with van der Waals surface area (Å²) in [6.07, 6.45) is 3.38. The van der Waals surface area contributed by atoms with Crippen LogP contribution in [-0.4, -0.2) is 33.2 Å². The van der Waals surface area contributed by atoms with E-state index in [2.05, 4.69) is 0 Å². The molecule has 0 aromatic heterocycles. The van der Waals surface area contributed by atoms with Crippen LogP contribution in [0.2, 0.25) is 0 Å². The SMILES string of the molecule is CCC(C(=O)N1CCCc2ccccc21)N(c1ccc(C)c(C)c1)S(C)(=O)=O. The highest BCUT2D eigenvalue weighted by Crippen LogP contribution is 2.31. The summed E-state index contributed by atoms with van der Waals surface area (Å²) in [5.41, 5.74) is 4.65. The molecule has 1 aliphatic heterocycles. The van der Waals surface area contributed by atoms with Crippen LogP contribution in [0.25, 0.3) is 0 Å². The smallest absolute Gasteiger partial charge is 0.250 e. The van der Waals surface area contributed by atoms with Gasteiger partial charge in [-0.3, -0.25) is 9.10 Å². The summed E-state index contributed by atoms with van der Waals surface area (Å²) >= 11 is 0. The fourth-order valence-electron chi connectivity index (χ4n) is 3.85. The van der Waals surface area contributed by atoms with Crippen LogP contribution in [0.5, 0.6) is 0 Å². The molecule has 0 aliphatic carbocycles. The molecule has 6 heteroatoms. The molecule has 0 saturated heterocycles. The van der Waals surface area contributed by atoms with Crippen molar-refractivity contribution in [3.63, 3.8) is 0 Å². The molecule has 28 heavy (non-hydrogen) atoms. The van der Waals surface area contributed by atoms with Gasteiger partial charge >= 0.3 is 0 Å². The summed E-state index contributed by atoms with van der Waals surface area (Å²) in [7, 11) is -3.63. The fraction of sp³-hybridized carbons (Fsp3) is 0.409. The van der Waals surface area contributed by atoms with E-state index in [1.807, 2.05) is 57.2 Å². The first-order valence-corrected chi connectivity index (χ1v) is 11.5. The minimum absolute atomic E-state index is 0.168. The molecule has 0 N–H and O–H groups in total. The van der Waals surface area contributed by atoms with Crippen molar-refractivity contribution in [2.24, 2.45) is 0 Å². The van der Waals surface area contributed by atoms with Gasteiger partial charge in [-0.2, -0.15) is 0 Å². The van der Waals surface area contributed by atoms with Crippen LogP contribution in [0.1, 0.15) is 36.5 Å². The maximum Gasteiger partial charge on any atom is 0.250 e. The van der Waals surface area contributed by atoms with Crippen LogP contribution >= 0.6 is 0 Å². The lowest BCUT2D eigenvalue weighted by atomic mass is 10.0. The van der Waals surface area contributed by atoms with E-state index in [1.165, 1.54) is 10.6 Å². The number of hydrogen-bond donors (Lipinski definition) is 0. The summed E-state index contributed by atoms with van der Waals surface area (Å²) in [6, 6.07) is 12.6. The third-order valence-electron chi connectivity index (χ3n) is 5.43. The van der Waals surface area contributed by atoms with Gasteiger partial charge < -0.3 is 4.90 Å². The number of carbonyl (C=O) groups excluding carboxylic acids is 1. The molecule has 1 amide bonds. The Labute approximate surface area is 168 Å². The van der Waals surface area contributed by atoms with E-state index in [9.17, 15) is 13.2 Å². The number of carbonyl (C=O) groups is 1. The Kier molecular flexibility index (Phi) is 5.79. The lowest BCUT2D eigenvalue weighted by molar-refractivity contribution is -0.119. The van der Waals surface area contributed by atoms with Crippen LogP contribution < -0.4 is 9.21 Å². The first-order chi connectivity index (χ1) is 13.2. The molecule has 0 spiro atoms. The van der Waals surface area contributed by atoms with Gasteiger partial charge in [-0.05, 0) is 68.0 Å². The van der Waals surface area contributed by atoms with Crippen LogP contribution in [0.3, 0.4) is 0 Å². The minimum atomic E-state index is -3.63. The number of para-hydroxylation sites is 1. The Morgan fingerprint density at radius 1 is 1.14 bits per heavy atom. The normalized spacial score (nSPS) is 15.1. The molecular formula is C22H28N2O3S. The first kappa shape index (κ1) is 20.4. The van der Waals surface area contributed by atoms with Crippen LogP contribution in [0.4, 0.5) is 11.4 Å². The van der Waals surface area contributed by atoms with E-state index in [4.69, 9.17) is 0 Å². The van der Waals surface area contributed by atoms with Gasteiger partial charge in [-0.15, -0.1) is 0 Å². The number of aryl methyl sites for hydroxylation is 3. The van der Waals surface area contributed by atoms with E-state index in [0.717, 1.165) is 35.2 Å². The number of nitrogens with zero attached hydrogens (tertiary/aromatic N) is 2. The van der Waals surface area contributed by atoms with Crippen molar-refractivity contribution in [2.75, 3.05) is 22.0 Å². The van der Waals surface area contributed by atoms with E-state index < -0.39 is 16.1 Å². The monoisotopic (exact) mass is 400 g/mol. The summed E-state index contributed by atoms with van der Waals surface area (Å²) in [4.78, 5) is 15.3. The van der Waals surface area contributed by atoms with Crippen molar-refractivity contribution < 1.29 is 13.2 Å². The van der Waals surface area contributed by atoms with E-state index >= 15 is 0 Å². The quantitative estimate of drug-likeness (QED) is 0.766. The largest absolute Gasteiger partial charge is 0.310 e. The van der Waals surface area contributed by atoms with Gasteiger partial charge in [0.15, 0.2) is 0 Å². The lowest BCUT2D eigenvalue weighted by Gasteiger charge is -2.36. The van der Waals surface area contributed by atoms with E-state index in [-0.39, 0.29) is 5.91 Å². The number of anilines is 2. The summed E-state index contributed by atoms with van der Waals surface area (Å²) in [5, 5.41) is 0. The molecule has 3 rings (SSSR count). The number of rotatable bonds is 5. The zero-order chi connectivity index (χ0) is 20.5. The minimum Gasteiger partial charge on any atom is -0.310 e. The van der Waals surface area contributed by atoms with Crippen molar-refractivity contribution in [1.29, 1.82) is 0 Å². The van der Waals surface area contributed by atoms with Gasteiger partial charge in [0.25, 0.3) is 5.91 Å². The molecule has 2 aromatic rings. The average Bonchev–Trinajstić information content (AvgIpc) is 2.66. The second-order valence-electron chi connectivity index (χ2n) is 7.47. The average molecular weight is 401 g/mol. The van der Waals surface area contributed by atoms with Crippen LogP contribution in [0, 0.1) is 13.8 Å². The summed E-state index contributed by atoms with van der Waals surface area (Å²) in [6.45, 7) is 6.40. The number of benzene rings is 2. The predicted octanol–water partition coefficient (Wildman–Crippen LogP) is 3.83. The van der Waals surface area contributed by atoms with Crippen molar-refractivity contribution in [3.8, 4) is 0 Å². The standard InChI is InChI=1S/C22H28N2O3S/c1-5-20(22(25)23-14-8-10-18-9-6-7-11-21(18)23)24(28(4,26)27)19-13-12-16(2)17(3)15-19/h6-7,9,11-13,15,20H,5,8,10,14H2,1-4H3. The molecule has 1 heterocycles. The molecule has 0 saturated carbocycles. The number of sulfonamides is 1. The highest BCUT2D eigenvalue weighted by atomic mass is 32.2. The van der Waals surface area contributed by atoms with Gasteiger partial charge in [0.05, 0.1) is 11.9 Å². The van der Waals surface area contributed by atoms with Crippen molar-refractivity contribution >= 4 is 27.3 Å². The summed E-state index contributed by atoms with van der Waals surface area (Å²) < 4.78 is 26.7. The fourth-order valence-corrected chi connectivity index (χ4v) is 5.05. The zero-order valence-corrected chi connectivity index (χ0v) is 17.8. The number of hydrogen-bond acceptors (Lipinski definition) is 3. The van der Waals surface area contributed by atoms with Gasteiger partial charge in [-0.25, -0.2) is 8.42 Å². The molecule has 0 radical (unpaired) electrons. The molecule has 5 nitrogen and oxygen atoms in total. The van der Waals surface area contributed by atoms with Gasteiger partial charge in [0.2, 0.25) is 10.0 Å². The summed E-state index contributed by atoms with van der Waals surface area (Å²) in [5.74, 6) is -0.168. The molecule has 2 aromatic carbocycles. The Bertz CT molecular complexity index is 985. The first-order valence-electron chi connectivity index (χ1n) is 9.70. The zero-order valence-electron chi connectivity index (χ0n) is 17.0. The second-order valence-corrected chi connectivity index (χ2v) is 9.33. The van der Waals surface area contributed by atoms with E-state index in [1.54, 1.807) is 11.0 Å². The molecule has 1 aliphatic rings. The maximum absolute atomic E-state index is 13.5. The number of amides is 1. The molecule has 0 bridgehead atoms. The number of fused-ring (bicyclic) bond motifs is 1. The Morgan fingerprint density at radius 2 is 1.86 bits per heavy atom. The second kappa shape index (κ2) is 7.95. The van der Waals surface area contributed by atoms with E-state index in [0.29, 0.717) is 18.7 Å². The molecule has 150 valence electrons. The van der Waals surface area contributed by atoms with Crippen LogP contribution in [-0.2, 0) is 21.2 Å². The van der Waals surface area contributed by atoms with Crippen molar-refractivity contribution in [1.82, 2.24) is 0 Å². The Morgan fingerprint density at radius 3 is 2.50 bits per heavy atom. The van der Waals surface area contributed by atoms with Crippen molar-refractivity contribution in [2.45, 2.75) is 46.1 Å². The van der Waals surface area contributed by atoms with Gasteiger partial charge in [0, 0.05) is 12.2 Å². The van der Waals surface area contributed by atoms with Crippen molar-refractivity contribution in [3.05, 3.63) is 59.2 Å². The third kappa shape index (κ3) is 3.92. The maximum atomic E-state index is 13.5. The van der Waals surface area contributed by atoms with Crippen LogP contribution in [0.15, 0.2) is 42.5 Å². The Hall–Kier alpha value is -2.34. The van der Waals surface area contributed by atoms with Gasteiger partial charge in [0.1, 0.15) is 6.04 Å². The molecule has 1 unspecified atom stereocenters. The highest BCUT2D eigenvalue weighted by molar-refractivity contribution is 7.92. The highest BCUT2D eigenvalue weighted by Gasteiger charge is 2.36. The molecule has 0 fully saturated rings. The predicted molar refractivity (Wildman–Crippen MR) is 114 cm³/mol. The Balaban J connectivity index is 2.04. The molecule has 1 atom stereocenters. The molecular weight excluding hydrogens is 372 g/mol. The van der Waals surface area contributed by atoms with Gasteiger partial charge in [-0.1, -0.05) is 31.2 Å². The third-order valence-corrected chi connectivity index (χ3v) is 6.61.